The first-order valence-electron chi connectivity index (χ1n) is 2.31. The van der Waals surface area contributed by atoms with Crippen LogP contribution in [0.2, 0.25) is 0 Å². The SMILES string of the molecule is C=C(N)/C(F)=C(/Cl)C(=C)F. The maximum Gasteiger partial charge on any atom is 0.166 e. The number of nitrogens with two attached hydrogens (primary N) is 1. The van der Waals surface area contributed by atoms with Crippen molar-refractivity contribution in [2.45, 2.75) is 0 Å². The highest BCUT2D eigenvalue weighted by Gasteiger charge is 2.07. The molecule has 10 heavy (non-hydrogen) atoms. The molecule has 0 aromatic rings. The van der Waals surface area contributed by atoms with E-state index in [1.165, 1.54) is 0 Å². The highest BCUT2D eigenvalue weighted by molar-refractivity contribution is 6.32. The molecule has 0 aliphatic carbocycles. The number of allylic oxidation sites excluding steroid dienone is 3. The van der Waals surface area contributed by atoms with Crippen LogP contribution in [-0.2, 0) is 0 Å². The lowest BCUT2D eigenvalue weighted by Gasteiger charge is -1.96. The molecule has 0 saturated carbocycles. The highest BCUT2D eigenvalue weighted by Crippen LogP contribution is 2.22. The van der Waals surface area contributed by atoms with E-state index in [4.69, 9.17) is 17.3 Å². The van der Waals surface area contributed by atoms with Crippen LogP contribution < -0.4 is 5.73 Å². The third-order valence-electron chi connectivity index (χ3n) is 0.713. The van der Waals surface area contributed by atoms with Crippen molar-refractivity contribution in [3.8, 4) is 0 Å². The van der Waals surface area contributed by atoms with E-state index < -0.39 is 22.4 Å². The largest absolute Gasteiger partial charge is 0.397 e. The molecule has 0 fully saturated rings. The molecule has 56 valence electrons. The zero-order valence-electron chi connectivity index (χ0n) is 5.13. The predicted octanol–water partition coefficient (Wildman–Crippen LogP) is 2.36. The second-order valence-corrected chi connectivity index (χ2v) is 1.94. The molecular weight excluding hydrogens is 160 g/mol. The summed E-state index contributed by atoms with van der Waals surface area (Å²) in [6, 6.07) is 0. The zero-order chi connectivity index (χ0) is 8.31. The monoisotopic (exact) mass is 165 g/mol. The molecule has 0 amide bonds. The summed E-state index contributed by atoms with van der Waals surface area (Å²) < 4.78 is 24.4. The Hall–Kier alpha value is -0.830. The van der Waals surface area contributed by atoms with Gasteiger partial charge in [0.25, 0.3) is 0 Å². The van der Waals surface area contributed by atoms with Crippen LogP contribution in [0, 0.1) is 0 Å². The van der Waals surface area contributed by atoms with E-state index in [1.807, 2.05) is 0 Å². The van der Waals surface area contributed by atoms with Gasteiger partial charge in [0.2, 0.25) is 0 Å². The fourth-order valence-electron chi connectivity index (χ4n) is 0.260. The van der Waals surface area contributed by atoms with E-state index in [0.29, 0.717) is 0 Å². The molecule has 0 unspecified atom stereocenters. The molecule has 0 heterocycles. The molecule has 0 aliphatic heterocycles. The molecule has 4 heteroatoms. The van der Waals surface area contributed by atoms with E-state index in [1.54, 1.807) is 0 Å². The summed E-state index contributed by atoms with van der Waals surface area (Å²) in [6.45, 7) is 5.78. The van der Waals surface area contributed by atoms with Gasteiger partial charge in [0, 0.05) is 0 Å². The highest BCUT2D eigenvalue weighted by atomic mass is 35.5. The maximum absolute atomic E-state index is 12.4. The summed E-state index contributed by atoms with van der Waals surface area (Å²) in [5, 5.41) is -0.729. The summed E-state index contributed by atoms with van der Waals surface area (Å²) in [6.07, 6.45) is 0. The lowest BCUT2D eigenvalue weighted by molar-refractivity contribution is 0.616. The van der Waals surface area contributed by atoms with Crippen molar-refractivity contribution in [3.05, 3.63) is 35.5 Å². The molecule has 0 aromatic heterocycles. The van der Waals surface area contributed by atoms with Crippen LogP contribution in [0.15, 0.2) is 35.5 Å². The molecule has 0 bridgehead atoms. The van der Waals surface area contributed by atoms with Crippen LogP contribution in [0.25, 0.3) is 0 Å². The first kappa shape index (κ1) is 9.17. The molecule has 1 nitrogen and oxygen atoms in total. The summed E-state index contributed by atoms with van der Waals surface area (Å²) >= 11 is 5.05. The first-order chi connectivity index (χ1) is 4.46. The minimum atomic E-state index is -1.07. The summed E-state index contributed by atoms with van der Waals surface area (Å²) in [4.78, 5) is 0. The molecule has 0 rings (SSSR count). The topological polar surface area (TPSA) is 26.0 Å². The number of hydrogen-bond acceptors (Lipinski definition) is 1. The number of hydrogen-bond donors (Lipinski definition) is 1. The second-order valence-electron chi connectivity index (χ2n) is 1.56. The van der Waals surface area contributed by atoms with Crippen molar-refractivity contribution in [1.82, 2.24) is 0 Å². The van der Waals surface area contributed by atoms with Crippen LogP contribution in [-0.4, -0.2) is 0 Å². The normalized spacial score (nSPS) is 12.3. The van der Waals surface area contributed by atoms with Crippen molar-refractivity contribution in [2.75, 3.05) is 0 Å². The Morgan fingerprint density at radius 2 is 1.70 bits per heavy atom. The van der Waals surface area contributed by atoms with Crippen LogP contribution in [0.3, 0.4) is 0 Å². The van der Waals surface area contributed by atoms with Gasteiger partial charge in [0.05, 0.1) is 5.70 Å². The molecule has 0 saturated heterocycles. The average molecular weight is 166 g/mol. The van der Waals surface area contributed by atoms with Crippen molar-refractivity contribution in [1.29, 1.82) is 0 Å². The van der Waals surface area contributed by atoms with Crippen molar-refractivity contribution < 1.29 is 8.78 Å². The van der Waals surface area contributed by atoms with Gasteiger partial charge in [-0.25, -0.2) is 8.78 Å². The lowest BCUT2D eigenvalue weighted by Crippen LogP contribution is -1.96. The van der Waals surface area contributed by atoms with Gasteiger partial charge in [-0.1, -0.05) is 24.8 Å². The molecule has 0 radical (unpaired) electrons. The fourth-order valence-corrected chi connectivity index (χ4v) is 0.381. The van der Waals surface area contributed by atoms with Crippen molar-refractivity contribution in [3.63, 3.8) is 0 Å². The van der Waals surface area contributed by atoms with Crippen LogP contribution >= 0.6 is 11.6 Å². The quantitative estimate of drug-likeness (QED) is 0.625. The van der Waals surface area contributed by atoms with Gasteiger partial charge >= 0.3 is 0 Å². The summed E-state index contributed by atoms with van der Waals surface area (Å²) in [7, 11) is 0. The first-order valence-corrected chi connectivity index (χ1v) is 2.69. The fraction of sp³-hybridized carbons (Fsp3) is 0. The average Bonchev–Trinajstić information content (AvgIpc) is 1.84. The Bertz CT molecular complexity index is 186. The Labute approximate surface area is 62.5 Å². The minimum Gasteiger partial charge on any atom is -0.397 e. The van der Waals surface area contributed by atoms with Gasteiger partial charge in [-0.15, -0.1) is 0 Å². The van der Waals surface area contributed by atoms with Gasteiger partial charge in [0.15, 0.2) is 5.83 Å². The van der Waals surface area contributed by atoms with Crippen LogP contribution in [0.4, 0.5) is 8.78 Å². The van der Waals surface area contributed by atoms with E-state index >= 15 is 0 Å². The van der Waals surface area contributed by atoms with Gasteiger partial charge < -0.3 is 5.73 Å². The Balaban J connectivity index is 4.67. The third kappa shape index (κ3) is 2.19. The number of halogens is 3. The Morgan fingerprint density at radius 1 is 1.30 bits per heavy atom. The van der Waals surface area contributed by atoms with Gasteiger partial charge in [-0.05, 0) is 0 Å². The smallest absolute Gasteiger partial charge is 0.166 e. The lowest BCUT2D eigenvalue weighted by atomic mass is 10.4. The molecule has 0 atom stereocenters. The zero-order valence-corrected chi connectivity index (χ0v) is 5.88. The van der Waals surface area contributed by atoms with E-state index in [-0.39, 0.29) is 0 Å². The van der Waals surface area contributed by atoms with Crippen molar-refractivity contribution in [2.24, 2.45) is 5.73 Å². The van der Waals surface area contributed by atoms with Gasteiger partial charge in [-0.3, -0.25) is 0 Å². The Morgan fingerprint density at radius 3 is 1.80 bits per heavy atom. The van der Waals surface area contributed by atoms with E-state index in [9.17, 15) is 8.78 Å². The molecular formula is C6H6ClF2N. The molecule has 0 aromatic carbocycles. The van der Waals surface area contributed by atoms with Crippen molar-refractivity contribution >= 4 is 11.6 Å². The second kappa shape index (κ2) is 3.37. The third-order valence-corrected chi connectivity index (χ3v) is 1.08. The van der Waals surface area contributed by atoms with Gasteiger partial charge in [0.1, 0.15) is 10.9 Å². The van der Waals surface area contributed by atoms with Crippen LogP contribution in [0.5, 0.6) is 0 Å². The minimum absolute atomic E-state index is 0.413. The van der Waals surface area contributed by atoms with Crippen LogP contribution in [0.1, 0.15) is 0 Å². The van der Waals surface area contributed by atoms with Gasteiger partial charge in [-0.2, -0.15) is 0 Å². The maximum atomic E-state index is 12.4. The Kier molecular flexibility index (Phi) is 3.09. The molecule has 2 N–H and O–H groups in total. The number of rotatable bonds is 2. The standard InChI is InChI=1S/C6H6ClF2N/c1-3(8)5(7)6(9)4(2)10/h1-2,10H2/b6-5-. The van der Waals surface area contributed by atoms with E-state index in [0.717, 1.165) is 0 Å². The predicted molar refractivity (Wildman–Crippen MR) is 37.6 cm³/mol. The summed E-state index contributed by atoms with van der Waals surface area (Å²) in [5.41, 5.74) is 4.44. The summed E-state index contributed by atoms with van der Waals surface area (Å²) in [5.74, 6) is -2.14. The van der Waals surface area contributed by atoms with E-state index in [2.05, 4.69) is 13.2 Å². The molecule has 0 spiro atoms. The molecule has 0 aliphatic rings.